The van der Waals surface area contributed by atoms with Crippen LogP contribution in [0, 0.1) is 6.92 Å². The molecule has 0 amide bonds. The lowest BCUT2D eigenvalue weighted by atomic mass is 10.1. The second-order valence-corrected chi connectivity index (χ2v) is 5.66. The first kappa shape index (κ1) is 12.3. The molecule has 0 fully saturated rings. The molecule has 3 nitrogen and oxygen atoms in total. The molecular formula is C17H12N2OS. The van der Waals surface area contributed by atoms with Gasteiger partial charge in [0.25, 0.3) is 0 Å². The van der Waals surface area contributed by atoms with Gasteiger partial charge in [-0.1, -0.05) is 24.3 Å². The number of aromatic nitrogens is 2. The van der Waals surface area contributed by atoms with Crippen molar-refractivity contribution in [1.82, 2.24) is 9.97 Å². The molecule has 0 aliphatic heterocycles. The first-order chi connectivity index (χ1) is 10.3. The Bertz CT molecular complexity index is 909. The van der Waals surface area contributed by atoms with E-state index in [1.807, 2.05) is 41.8 Å². The zero-order chi connectivity index (χ0) is 14.2. The maximum Gasteiger partial charge on any atom is 0.157 e. The highest BCUT2D eigenvalue weighted by atomic mass is 32.1. The van der Waals surface area contributed by atoms with Crippen LogP contribution >= 0.6 is 11.3 Å². The summed E-state index contributed by atoms with van der Waals surface area (Å²) in [5.74, 6) is 0.842. The molecule has 0 bridgehead atoms. The second kappa shape index (κ2) is 4.82. The van der Waals surface area contributed by atoms with Gasteiger partial charge in [0.15, 0.2) is 5.76 Å². The van der Waals surface area contributed by atoms with Crippen molar-refractivity contribution in [3.8, 4) is 22.2 Å². The summed E-state index contributed by atoms with van der Waals surface area (Å²) in [4.78, 5) is 9.01. The zero-order valence-corrected chi connectivity index (χ0v) is 12.2. The first-order valence-corrected chi connectivity index (χ1v) is 7.56. The van der Waals surface area contributed by atoms with E-state index >= 15 is 0 Å². The van der Waals surface area contributed by atoms with Crippen molar-refractivity contribution in [3.63, 3.8) is 0 Å². The van der Waals surface area contributed by atoms with Crippen molar-refractivity contribution in [2.24, 2.45) is 0 Å². The first-order valence-electron chi connectivity index (χ1n) is 6.68. The topological polar surface area (TPSA) is 38.9 Å². The van der Waals surface area contributed by atoms with Gasteiger partial charge in [0, 0.05) is 22.5 Å². The fourth-order valence-corrected chi connectivity index (χ4v) is 3.18. The van der Waals surface area contributed by atoms with Gasteiger partial charge in [0.2, 0.25) is 0 Å². The third-order valence-corrected chi connectivity index (χ3v) is 4.33. The molecule has 4 rings (SSSR count). The van der Waals surface area contributed by atoms with Crippen LogP contribution in [0.1, 0.15) is 5.56 Å². The minimum absolute atomic E-state index is 0.842. The van der Waals surface area contributed by atoms with E-state index < -0.39 is 0 Å². The maximum atomic E-state index is 5.96. The monoisotopic (exact) mass is 292 g/mol. The van der Waals surface area contributed by atoms with Crippen molar-refractivity contribution < 1.29 is 4.42 Å². The number of furan rings is 1. The molecule has 0 aliphatic carbocycles. The molecule has 4 heteroatoms. The van der Waals surface area contributed by atoms with Crippen LogP contribution in [0.5, 0.6) is 0 Å². The number of rotatable bonds is 2. The molecule has 0 atom stereocenters. The van der Waals surface area contributed by atoms with Gasteiger partial charge in [-0.05, 0) is 25.1 Å². The number of benzene rings is 1. The quantitative estimate of drug-likeness (QED) is 0.526. The van der Waals surface area contributed by atoms with Crippen LogP contribution < -0.4 is 0 Å². The molecule has 0 saturated heterocycles. The molecular weight excluding hydrogens is 280 g/mol. The van der Waals surface area contributed by atoms with Crippen LogP contribution in [0.25, 0.3) is 33.1 Å². The van der Waals surface area contributed by atoms with Gasteiger partial charge in [-0.2, -0.15) is 0 Å². The molecule has 3 heterocycles. The number of hydrogen-bond acceptors (Lipinski definition) is 4. The molecule has 0 radical (unpaired) electrons. The summed E-state index contributed by atoms with van der Waals surface area (Å²) in [5.41, 5.74) is 3.79. The minimum Gasteiger partial charge on any atom is -0.454 e. The summed E-state index contributed by atoms with van der Waals surface area (Å²) in [6, 6.07) is 13.9. The lowest BCUT2D eigenvalue weighted by Crippen LogP contribution is -1.82. The van der Waals surface area contributed by atoms with Gasteiger partial charge >= 0.3 is 0 Å². The van der Waals surface area contributed by atoms with E-state index in [9.17, 15) is 0 Å². The average molecular weight is 292 g/mol. The molecule has 0 unspecified atom stereocenters. The summed E-state index contributed by atoms with van der Waals surface area (Å²) in [6.07, 6.45) is 1.78. The third-order valence-electron chi connectivity index (χ3n) is 3.46. The SMILES string of the molecule is Cc1c(-c2csc(-c3ccccn3)n2)oc2ccccc12. The standard InChI is InChI=1S/C17H12N2OS/c1-11-12-6-2-3-8-15(12)20-16(11)14-10-21-17(19-14)13-7-4-5-9-18-13/h2-10H,1H3. The molecule has 21 heavy (non-hydrogen) atoms. The Morgan fingerprint density at radius 3 is 2.67 bits per heavy atom. The van der Waals surface area contributed by atoms with E-state index in [4.69, 9.17) is 4.42 Å². The van der Waals surface area contributed by atoms with Crippen LogP contribution in [0.4, 0.5) is 0 Å². The van der Waals surface area contributed by atoms with Gasteiger partial charge in [0.05, 0.1) is 5.69 Å². The van der Waals surface area contributed by atoms with Crippen LogP contribution in [0.2, 0.25) is 0 Å². The Morgan fingerprint density at radius 2 is 1.86 bits per heavy atom. The maximum absolute atomic E-state index is 5.96. The highest BCUT2D eigenvalue weighted by Crippen LogP contribution is 2.34. The van der Waals surface area contributed by atoms with E-state index in [0.29, 0.717) is 0 Å². The average Bonchev–Trinajstić information content (AvgIpc) is 3.14. The molecule has 102 valence electrons. The third kappa shape index (κ3) is 2.04. The van der Waals surface area contributed by atoms with Gasteiger partial charge in [-0.25, -0.2) is 4.98 Å². The molecule has 0 aliphatic rings. The van der Waals surface area contributed by atoms with Crippen molar-refractivity contribution in [3.05, 3.63) is 59.6 Å². The Morgan fingerprint density at radius 1 is 1.00 bits per heavy atom. The minimum atomic E-state index is 0.842. The van der Waals surface area contributed by atoms with E-state index in [1.165, 1.54) is 0 Å². The predicted octanol–water partition coefficient (Wildman–Crippen LogP) is 4.93. The van der Waals surface area contributed by atoms with Crippen LogP contribution in [-0.2, 0) is 0 Å². The number of pyridine rings is 1. The molecule has 1 aromatic carbocycles. The van der Waals surface area contributed by atoms with Gasteiger partial charge in [-0.15, -0.1) is 11.3 Å². The van der Waals surface area contributed by atoms with E-state index in [-0.39, 0.29) is 0 Å². The van der Waals surface area contributed by atoms with Gasteiger partial charge in [-0.3, -0.25) is 4.98 Å². The van der Waals surface area contributed by atoms with Crippen LogP contribution in [0.15, 0.2) is 58.5 Å². The summed E-state index contributed by atoms with van der Waals surface area (Å²) in [6.45, 7) is 2.07. The molecule has 4 aromatic rings. The summed E-state index contributed by atoms with van der Waals surface area (Å²) < 4.78 is 5.96. The predicted molar refractivity (Wildman–Crippen MR) is 85.3 cm³/mol. The van der Waals surface area contributed by atoms with Crippen LogP contribution in [-0.4, -0.2) is 9.97 Å². The number of thiazole rings is 1. The Hall–Kier alpha value is -2.46. The van der Waals surface area contributed by atoms with Crippen LogP contribution in [0.3, 0.4) is 0 Å². The number of hydrogen-bond donors (Lipinski definition) is 0. The Kier molecular flexibility index (Phi) is 2.82. The number of fused-ring (bicyclic) bond motifs is 1. The largest absolute Gasteiger partial charge is 0.454 e. The van der Waals surface area contributed by atoms with Crippen molar-refractivity contribution >= 4 is 22.3 Å². The molecule has 3 aromatic heterocycles. The van der Waals surface area contributed by atoms with Gasteiger partial charge < -0.3 is 4.42 Å². The Labute approximate surface area is 125 Å². The van der Waals surface area contributed by atoms with E-state index in [1.54, 1.807) is 17.5 Å². The fraction of sp³-hybridized carbons (Fsp3) is 0.0588. The molecule has 0 N–H and O–H groups in total. The van der Waals surface area contributed by atoms with Crippen molar-refractivity contribution in [2.75, 3.05) is 0 Å². The fourth-order valence-electron chi connectivity index (χ4n) is 2.40. The second-order valence-electron chi connectivity index (χ2n) is 4.81. The smallest absolute Gasteiger partial charge is 0.157 e. The van der Waals surface area contributed by atoms with Crippen molar-refractivity contribution in [2.45, 2.75) is 6.92 Å². The number of aryl methyl sites for hydroxylation is 1. The zero-order valence-electron chi connectivity index (χ0n) is 11.4. The summed E-state index contributed by atoms with van der Waals surface area (Å²) in [5, 5.41) is 4.07. The normalized spacial score (nSPS) is 11.1. The highest BCUT2D eigenvalue weighted by molar-refractivity contribution is 7.13. The number of nitrogens with zero attached hydrogens (tertiary/aromatic N) is 2. The molecule has 0 spiro atoms. The lowest BCUT2D eigenvalue weighted by Gasteiger charge is -1.94. The van der Waals surface area contributed by atoms with Crippen molar-refractivity contribution in [1.29, 1.82) is 0 Å². The summed E-state index contributed by atoms with van der Waals surface area (Å²) in [7, 11) is 0. The lowest BCUT2D eigenvalue weighted by molar-refractivity contribution is 0.627. The van der Waals surface area contributed by atoms with E-state index in [0.717, 1.165) is 38.7 Å². The number of para-hydroxylation sites is 1. The molecule has 0 saturated carbocycles. The van der Waals surface area contributed by atoms with Gasteiger partial charge in [0.1, 0.15) is 16.3 Å². The highest BCUT2D eigenvalue weighted by Gasteiger charge is 2.15. The Balaban J connectivity index is 1.83. The van der Waals surface area contributed by atoms with E-state index in [2.05, 4.69) is 23.0 Å². The summed E-state index contributed by atoms with van der Waals surface area (Å²) >= 11 is 1.58.